The number of amides is 4. The van der Waals surface area contributed by atoms with E-state index in [1.54, 1.807) is 0 Å². The van der Waals surface area contributed by atoms with Crippen LogP contribution in [0.5, 0.6) is 0 Å². The average molecular weight is 471 g/mol. The zero-order valence-electron chi connectivity index (χ0n) is 18.7. The molecule has 10 heteroatoms. The van der Waals surface area contributed by atoms with E-state index in [0.717, 1.165) is 11.1 Å². The van der Waals surface area contributed by atoms with Gasteiger partial charge in [0.25, 0.3) is 0 Å². The molecular formula is C24H30N4O6. The Bertz CT molecular complexity index is 861. The summed E-state index contributed by atoms with van der Waals surface area (Å²) in [5, 5.41) is 27.7. The van der Waals surface area contributed by atoms with Crippen LogP contribution in [0.2, 0.25) is 0 Å². The summed E-state index contributed by atoms with van der Waals surface area (Å²) in [5.41, 5.74) is 1.80. The molecule has 0 aliphatic heterocycles. The second-order valence-corrected chi connectivity index (χ2v) is 7.69. The van der Waals surface area contributed by atoms with Crippen molar-refractivity contribution in [3.8, 4) is 0 Å². The first-order valence-corrected chi connectivity index (χ1v) is 11.0. The third-order valence-corrected chi connectivity index (χ3v) is 5.04. The van der Waals surface area contributed by atoms with Crippen LogP contribution in [0.1, 0.15) is 24.0 Å². The number of nitrogens with one attached hydrogen (secondary N) is 4. The third kappa shape index (κ3) is 10.2. The monoisotopic (exact) mass is 470 g/mol. The van der Waals surface area contributed by atoms with Gasteiger partial charge < -0.3 is 20.8 Å². The van der Waals surface area contributed by atoms with Crippen LogP contribution < -0.4 is 21.3 Å². The first-order chi connectivity index (χ1) is 16.3. The molecule has 0 aliphatic rings. The number of benzene rings is 2. The Morgan fingerprint density at radius 3 is 1.29 bits per heavy atom. The minimum atomic E-state index is -1.40. The van der Waals surface area contributed by atoms with Gasteiger partial charge in [-0.1, -0.05) is 60.7 Å². The highest BCUT2D eigenvalue weighted by Gasteiger charge is 2.21. The minimum absolute atomic E-state index is 0.340. The maximum Gasteiger partial charge on any atom is 0.411 e. The average Bonchev–Trinajstić information content (AvgIpc) is 2.80. The fraction of sp³-hybridized carbons (Fsp3) is 0.333. The van der Waals surface area contributed by atoms with E-state index >= 15 is 0 Å². The normalized spacial score (nSPS) is 12.4. The summed E-state index contributed by atoms with van der Waals surface area (Å²) in [6.07, 6.45) is -0.829. The van der Waals surface area contributed by atoms with E-state index in [0.29, 0.717) is 38.8 Å². The Balaban J connectivity index is 1.82. The van der Waals surface area contributed by atoms with Gasteiger partial charge in [-0.2, -0.15) is 0 Å². The number of carbonyl (C=O) groups excluding carboxylic acids is 2. The van der Waals surface area contributed by atoms with Crippen molar-refractivity contribution in [2.75, 3.05) is 13.1 Å². The quantitative estimate of drug-likeness (QED) is 0.242. The van der Waals surface area contributed by atoms with Gasteiger partial charge in [-0.05, 0) is 49.9 Å². The van der Waals surface area contributed by atoms with Crippen molar-refractivity contribution in [1.29, 1.82) is 0 Å². The summed E-state index contributed by atoms with van der Waals surface area (Å²) in [6.45, 7) is 0.911. The molecule has 0 aliphatic carbocycles. The molecule has 2 rings (SSSR count). The van der Waals surface area contributed by atoms with Crippen LogP contribution in [0, 0.1) is 0 Å². The van der Waals surface area contributed by atoms with Crippen LogP contribution in [0.4, 0.5) is 9.59 Å². The Morgan fingerprint density at radius 1 is 0.618 bits per heavy atom. The first-order valence-electron chi connectivity index (χ1n) is 11.0. The maximum atomic E-state index is 12.2. The molecule has 0 fully saturated rings. The van der Waals surface area contributed by atoms with E-state index in [2.05, 4.69) is 10.6 Å². The Labute approximate surface area is 197 Å². The third-order valence-electron chi connectivity index (χ3n) is 5.04. The van der Waals surface area contributed by atoms with Gasteiger partial charge in [-0.3, -0.25) is 20.2 Å². The van der Waals surface area contributed by atoms with Gasteiger partial charge in [-0.25, -0.2) is 9.59 Å². The number of imide groups is 2. The van der Waals surface area contributed by atoms with Gasteiger partial charge in [0.1, 0.15) is 0 Å². The van der Waals surface area contributed by atoms with Gasteiger partial charge >= 0.3 is 12.2 Å². The molecule has 6 N–H and O–H groups in total. The van der Waals surface area contributed by atoms with Crippen molar-refractivity contribution in [3.63, 3.8) is 0 Å². The maximum absolute atomic E-state index is 12.2. The van der Waals surface area contributed by atoms with Crippen molar-refractivity contribution < 1.29 is 29.4 Å². The number of carbonyl (C=O) groups is 4. The fourth-order valence-electron chi connectivity index (χ4n) is 3.40. The van der Waals surface area contributed by atoms with Crippen LogP contribution in [-0.4, -0.2) is 59.4 Å². The Morgan fingerprint density at radius 2 is 0.971 bits per heavy atom. The highest BCUT2D eigenvalue weighted by atomic mass is 16.4. The summed E-state index contributed by atoms with van der Waals surface area (Å²) in [5.74, 6) is -1.24. The van der Waals surface area contributed by atoms with E-state index in [9.17, 15) is 19.2 Å². The molecule has 182 valence electrons. The molecule has 0 spiro atoms. The molecule has 34 heavy (non-hydrogen) atoms. The number of carboxylic acid groups (broad SMARTS) is 2. The molecular weight excluding hydrogens is 440 g/mol. The summed E-state index contributed by atoms with van der Waals surface area (Å²) < 4.78 is 0. The minimum Gasteiger partial charge on any atom is -0.465 e. The van der Waals surface area contributed by atoms with Crippen molar-refractivity contribution in [1.82, 2.24) is 21.3 Å². The van der Waals surface area contributed by atoms with Crippen LogP contribution in [0.15, 0.2) is 60.7 Å². The van der Waals surface area contributed by atoms with Gasteiger partial charge in [0.15, 0.2) is 0 Å². The van der Waals surface area contributed by atoms with Gasteiger partial charge in [0.2, 0.25) is 11.8 Å². The van der Waals surface area contributed by atoms with Gasteiger partial charge in [0, 0.05) is 0 Å². The number of unbranched alkanes of at least 4 members (excludes halogenated alkanes) is 1. The number of rotatable bonds is 13. The second kappa shape index (κ2) is 14.4. The SMILES string of the molecule is O=C(O)NC(=O)C(Cc1ccccc1)NCCCCNC(Cc1ccccc1)C(=O)NC(=O)O. The van der Waals surface area contributed by atoms with E-state index in [4.69, 9.17) is 10.2 Å². The lowest BCUT2D eigenvalue weighted by atomic mass is 10.0. The zero-order chi connectivity index (χ0) is 24.8. The molecule has 10 nitrogen and oxygen atoms in total. The van der Waals surface area contributed by atoms with Crippen molar-refractivity contribution in [3.05, 3.63) is 71.8 Å². The Kier molecular flexibility index (Phi) is 11.2. The summed E-state index contributed by atoms with van der Waals surface area (Å²) in [4.78, 5) is 46.2. The van der Waals surface area contributed by atoms with Crippen molar-refractivity contribution >= 4 is 24.0 Å². The van der Waals surface area contributed by atoms with E-state index in [-0.39, 0.29) is 0 Å². The number of hydrogen-bond donors (Lipinski definition) is 6. The lowest BCUT2D eigenvalue weighted by Gasteiger charge is -2.19. The molecule has 2 aromatic rings. The molecule has 4 amide bonds. The molecule has 2 unspecified atom stereocenters. The molecule has 0 heterocycles. The molecule has 0 saturated carbocycles. The fourth-order valence-corrected chi connectivity index (χ4v) is 3.40. The van der Waals surface area contributed by atoms with E-state index in [1.165, 1.54) is 0 Å². The highest BCUT2D eigenvalue weighted by molar-refractivity contribution is 5.94. The van der Waals surface area contributed by atoms with Crippen LogP contribution in [0.3, 0.4) is 0 Å². The predicted molar refractivity (Wildman–Crippen MR) is 125 cm³/mol. The lowest BCUT2D eigenvalue weighted by Crippen LogP contribution is -2.48. The van der Waals surface area contributed by atoms with E-state index in [1.807, 2.05) is 71.3 Å². The van der Waals surface area contributed by atoms with Gasteiger partial charge in [0.05, 0.1) is 12.1 Å². The molecule has 2 aromatic carbocycles. The molecule has 0 aromatic heterocycles. The summed E-state index contributed by atoms with van der Waals surface area (Å²) in [7, 11) is 0. The largest absolute Gasteiger partial charge is 0.465 e. The number of hydrogen-bond acceptors (Lipinski definition) is 6. The molecule has 0 saturated heterocycles. The van der Waals surface area contributed by atoms with Crippen LogP contribution >= 0.6 is 0 Å². The summed E-state index contributed by atoms with van der Waals surface area (Å²) >= 11 is 0. The second-order valence-electron chi connectivity index (χ2n) is 7.69. The Hall–Kier alpha value is -3.76. The van der Waals surface area contributed by atoms with Gasteiger partial charge in [-0.15, -0.1) is 0 Å². The van der Waals surface area contributed by atoms with Crippen LogP contribution in [0.25, 0.3) is 0 Å². The predicted octanol–water partition coefficient (Wildman–Crippen LogP) is 1.76. The lowest BCUT2D eigenvalue weighted by molar-refractivity contribution is -0.123. The van der Waals surface area contributed by atoms with Crippen molar-refractivity contribution in [2.24, 2.45) is 0 Å². The van der Waals surface area contributed by atoms with E-state index < -0.39 is 36.1 Å². The standard InChI is InChI=1S/C24H30N4O6/c29-21(27-23(31)32)19(15-17-9-3-1-4-10-17)25-13-7-8-14-26-20(22(30)28-24(33)34)16-18-11-5-2-6-12-18/h1-6,9-12,19-20,25-26H,7-8,13-16H2,(H,27,29)(H,28,30)(H,31,32)(H,33,34). The smallest absolute Gasteiger partial charge is 0.411 e. The first kappa shape index (κ1) is 26.5. The molecule has 2 atom stereocenters. The summed E-state index contributed by atoms with van der Waals surface area (Å²) in [6, 6.07) is 17.1. The molecule has 0 radical (unpaired) electrons. The molecule has 0 bridgehead atoms. The van der Waals surface area contributed by atoms with Crippen molar-refractivity contribution in [2.45, 2.75) is 37.8 Å². The topological polar surface area (TPSA) is 157 Å². The van der Waals surface area contributed by atoms with Crippen LogP contribution in [-0.2, 0) is 22.4 Å². The zero-order valence-corrected chi connectivity index (χ0v) is 18.7. The highest BCUT2D eigenvalue weighted by Crippen LogP contribution is 2.05.